The molecule has 0 saturated heterocycles. The van der Waals surface area contributed by atoms with Crippen LogP contribution < -0.4 is 5.32 Å². The zero-order chi connectivity index (χ0) is 10.7. The van der Waals surface area contributed by atoms with E-state index in [-0.39, 0.29) is 16.7 Å². The third-order valence-electron chi connectivity index (χ3n) is 1.57. The first-order chi connectivity index (χ1) is 7.27. The second-order valence-corrected chi connectivity index (χ2v) is 2.87. The number of hydrogen-bond donors (Lipinski definition) is 1. The van der Waals surface area contributed by atoms with E-state index < -0.39 is 5.91 Å². The van der Waals surface area contributed by atoms with Crippen LogP contribution in [0.3, 0.4) is 0 Å². The van der Waals surface area contributed by atoms with Crippen molar-refractivity contribution in [3.05, 3.63) is 35.5 Å². The van der Waals surface area contributed by atoms with Gasteiger partial charge in [0.2, 0.25) is 11.2 Å². The number of carbonyl (C=O) groups is 1. The molecule has 76 valence electrons. The smallest absolute Gasteiger partial charge is 0.262 e. The Labute approximate surface area is 89.3 Å². The highest BCUT2D eigenvalue weighted by atomic mass is 35.5. The first-order valence-electron chi connectivity index (χ1n) is 3.95. The fourth-order valence-corrected chi connectivity index (χ4v) is 1.13. The second-order valence-electron chi connectivity index (χ2n) is 2.53. The number of nitrogens with one attached hydrogen (secondary N) is 1. The fraction of sp³-hybridized carbons (Fsp3) is 0. The molecule has 2 aromatic rings. The standard InChI is InChI=1S/C8H5ClN4O2/c9-6-5(1-4-15-6)7(14)12-8-10-2-3-11-13-8/h1-4H,(H,10,12,13,14). The topological polar surface area (TPSA) is 80.9 Å². The predicted molar refractivity (Wildman–Crippen MR) is 51.5 cm³/mol. The van der Waals surface area contributed by atoms with E-state index in [1.165, 1.54) is 24.7 Å². The van der Waals surface area contributed by atoms with E-state index in [0.717, 1.165) is 0 Å². The molecule has 0 aliphatic heterocycles. The number of carbonyl (C=O) groups excluding carboxylic acids is 1. The van der Waals surface area contributed by atoms with Crippen molar-refractivity contribution in [1.29, 1.82) is 0 Å². The van der Waals surface area contributed by atoms with Crippen LogP contribution in [0, 0.1) is 0 Å². The molecule has 0 aliphatic carbocycles. The third kappa shape index (κ3) is 2.10. The molecule has 0 spiro atoms. The maximum atomic E-state index is 11.5. The number of rotatable bonds is 2. The second kappa shape index (κ2) is 4.05. The molecule has 6 nitrogen and oxygen atoms in total. The zero-order valence-corrected chi connectivity index (χ0v) is 8.10. The molecule has 0 radical (unpaired) electrons. The Kier molecular flexibility index (Phi) is 2.59. The van der Waals surface area contributed by atoms with Crippen molar-refractivity contribution in [3.8, 4) is 0 Å². The van der Waals surface area contributed by atoms with Gasteiger partial charge < -0.3 is 4.42 Å². The first kappa shape index (κ1) is 9.60. The average Bonchev–Trinajstić information content (AvgIpc) is 2.66. The molecule has 0 unspecified atom stereocenters. The lowest BCUT2D eigenvalue weighted by Gasteiger charge is -1.99. The van der Waals surface area contributed by atoms with Crippen LogP contribution in [-0.4, -0.2) is 21.1 Å². The Morgan fingerprint density at radius 3 is 2.93 bits per heavy atom. The van der Waals surface area contributed by atoms with Crippen LogP contribution in [0.25, 0.3) is 0 Å². The minimum atomic E-state index is -0.443. The van der Waals surface area contributed by atoms with Gasteiger partial charge in [-0.05, 0) is 17.7 Å². The van der Waals surface area contributed by atoms with Crippen molar-refractivity contribution in [2.45, 2.75) is 0 Å². The van der Waals surface area contributed by atoms with Gasteiger partial charge in [0.15, 0.2) is 0 Å². The van der Waals surface area contributed by atoms with Crippen LogP contribution in [0.15, 0.2) is 29.1 Å². The summed E-state index contributed by atoms with van der Waals surface area (Å²) in [5.41, 5.74) is 0.226. The molecule has 0 bridgehead atoms. The summed E-state index contributed by atoms with van der Waals surface area (Å²) in [6, 6.07) is 1.45. The van der Waals surface area contributed by atoms with Gasteiger partial charge in [-0.15, -0.1) is 5.10 Å². The molecule has 2 aromatic heterocycles. The number of furan rings is 1. The molecule has 0 aromatic carbocycles. The number of aromatic nitrogens is 3. The Morgan fingerprint density at radius 1 is 1.47 bits per heavy atom. The summed E-state index contributed by atoms with van der Waals surface area (Å²) in [5, 5.41) is 9.59. The Hall–Kier alpha value is -1.95. The van der Waals surface area contributed by atoms with E-state index in [2.05, 4.69) is 20.5 Å². The third-order valence-corrected chi connectivity index (χ3v) is 1.86. The van der Waals surface area contributed by atoms with E-state index in [0.29, 0.717) is 0 Å². The average molecular weight is 225 g/mol. The molecule has 7 heteroatoms. The minimum absolute atomic E-state index is 0.0244. The Morgan fingerprint density at radius 2 is 2.33 bits per heavy atom. The molecule has 0 atom stereocenters. The number of nitrogens with zero attached hydrogens (tertiary/aromatic N) is 3. The fourth-order valence-electron chi connectivity index (χ4n) is 0.929. The van der Waals surface area contributed by atoms with Crippen molar-refractivity contribution in [3.63, 3.8) is 0 Å². The van der Waals surface area contributed by atoms with Gasteiger partial charge in [-0.25, -0.2) is 4.98 Å². The number of halogens is 1. The summed E-state index contributed by atoms with van der Waals surface area (Å²) in [7, 11) is 0. The maximum Gasteiger partial charge on any atom is 0.262 e. The number of hydrogen-bond acceptors (Lipinski definition) is 5. The number of amides is 1. The van der Waals surface area contributed by atoms with Gasteiger partial charge in [0.1, 0.15) is 0 Å². The molecule has 0 fully saturated rings. The predicted octanol–water partition coefficient (Wildman–Crippen LogP) is 1.37. The minimum Gasteiger partial charge on any atom is -0.452 e. The van der Waals surface area contributed by atoms with Crippen LogP contribution in [0.5, 0.6) is 0 Å². The van der Waals surface area contributed by atoms with Crippen LogP contribution >= 0.6 is 11.6 Å². The van der Waals surface area contributed by atoms with Gasteiger partial charge in [0.25, 0.3) is 5.91 Å². The zero-order valence-electron chi connectivity index (χ0n) is 7.35. The van der Waals surface area contributed by atoms with Crippen molar-refractivity contribution in [1.82, 2.24) is 15.2 Å². The van der Waals surface area contributed by atoms with Gasteiger partial charge in [-0.2, -0.15) is 5.10 Å². The van der Waals surface area contributed by atoms with E-state index in [1.807, 2.05) is 0 Å². The SMILES string of the molecule is O=C(Nc1nccnn1)c1ccoc1Cl. The molecule has 0 aliphatic rings. The first-order valence-corrected chi connectivity index (χ1v) is 4.33. The highest BCUT2D eigenvalue weighted by molar-refractivity contribution is 6.32. The lowest BCUT2D eigenvalue weighted by Crippen LogP contribution is -2.13. The van der Waals surface area contributed by atoms with Gasteiger partial charge in [-0.3, -0.25) is 10.1 Å². The van der Waals surface area contributed by atoms with Gasteiger partial charge >= 0.3 is 0 Å². The summed E-state index contributed by atoms with van der Waals surface area (Å²) in [5.74, 6) is -0.332. The molecule has 15 heavy (non-hydrogen) atoms. The van der Waals surface area contributed by atoms with E-state index in [1.54, 1.807) is 0 Å². The van der Waals surface area contributed by atoms with Crippen molar-refractivity contribution < 1.29 is 9.21 Å². The van der Waals surface area contributed by atoms with Gasteiger partial charge in [0.05, 0.1) is 24.2 Å². The molecule has 2 rings (SSSR count). The highest BCUT2D eigenvalue weighted by Gasteiger charge is 2.13. The maximum absolute atomic E-state index is 11.5. The molecular weight excluding hydrogens is 220 g/mol. The van der Waals surface area contributed by atoms with E-state index in [4.69, 9.17) is 16.0 Å². The van der Waals surface area contributed by atoms with Crippen molar-refractivity contribution >= 4 is 23.5 Å². The quantitative estimate of drug-likeness (QED) is 0.833. The summed E-state index contributed by atoms with van der Waals surface area (Å²) in [6.45, 7) is 0. The summed E-state index contributed by atoms with van der Waals surface area (Å²) >= 11 is 5.62. The number of anilines is 1. The summed E-state index contributed by atoms with van der Waals surface area (Å²) in [4.78, 5) is 15.3. The van der Waals surface area contributed by atoms with Crippen LogP contribution in [0.1, 0.15) is 10.4 Å². The van der Waals surface area contributed by atoms with Crippen LogP contribution in [-0.2, 0) is 0 Å². The van der Waals surface area contributed by atoms with E-state index >= 15 is 0 Å². The van der Waals surface area contributed by atoms with Crippen molar-refractivity contribution in [2.24, 2.45) is 0 Å². The monoisotopic (exact) mass is 224 g/mol. The van der Waals surface area contributed by atoms with Gasteiger partial charge in [0, 0.05) is 0 Å². The lowest BCUT2D eigenvalue weighted by molar-refractivity contribution is 0.102. The summed E-state index contributed by atoms with van der Waals surface area (Å²) < 4.78 is 4.77. The Bertz CT molecular complexity index is 471. The lowest BCUT2D eigenvalue weighted by atomic mass is 10.3. The summed E-state index contributed by atoms with van der Waals surface area (Å²) in [6.07, 6.45) is 4.14. The van der Waals surface area contributed by atoms with Crippen LogP contribution in [0.4, 0.5) is 5.95 Å². The normalized spacial score (nSPS) is 9.93. The highest BCUT2D eigenvalue weighted by Crippen LogP contribution is 2.17. The molecule has 2 heterocycles. The molecule has 1 N–H and O–H groups in total. The molecule has 1 amide bonds. The van der Waals surface area contributed by atoms with E-state index in [9.17, 15) is 4.79 Å². The molecule has 0 saturated carbocycles. The largest absolute Gasteiger partial charge is 0.452 e. The molecular formula is C8H5ClN4O2. The van der Waals surface area contributed by atoms with Crippen LogP contribution in [0.2, 0.25) is 5.22 Å². The van der Waals surface area contributed by atoms with Crippen molar-refractivity contribution in [2.75, 3.05) is 5.32 Å². The van der Waals surface area contributed by atoms with Gasteiger partial charge in [-0.1, -0.05) is 0 Å². The Balaban J connectivity index is 2.15.